The maximum absolute atomic E-state index is 11.9. The van der Waals surface area contributed by atoms with Crippen LogP contribution >= 0.6 is 0 Å². The predicted octanol–water partition coefficient (Wildman–Crippen LogP) is 1.86. The molecule has 102 valence electrons. The van der Waals surface area contributed by atoms with Gasteiger partial charge in [-0.15, -0.1) is 0 Å². The van der Waals surface area contributed by atoms with Gasteiger partial charge in [-0.2, -0.15) is 5.06 Å². The highest BCUT2D eigenvalue weighted by molar-refractivity contribution is 5.97. The Hall–Kier alpha value is -2.37. The fourth-order valence-corrected chi connectivity index (χ4v) is 1.96. The maximum Gasteiger partial charge on any atom is 0.320 e. The lowest BCUT2D eigenvalue weighted by atomic mass is 10.2. The van der Waals surface area contributed by atoms with Gasteiger partial charge >= 0.3 is 5.91 Å². The smallest absolute Gasteiger partial charge is 0.320 e. The summed E-state index contributed by atoms with van der Waals surface area (Å²) in [6.45, 7) is 0.230. The quantitative estimate of drug-likeness (QED) is 0.925. The number of carbonyl (C=O) groups is 1. The van der Waals surface area contributed by atoms with Gasteiger partial charge in [0.15, 0.2) is 0 Å². The third-order valence-electron chi connectivity index (χ3n) is 2.94. The van der Waals surface area contributed by atoms with Crippen molar-refractivity contribution in [3.05, 3.63) is 60.2 Å². The van der Waals surface area contributed by atoms with Crippen molar-refractivity contribution in [1.29, 1.82) is 0 Å². The first-order valence-electron chi connectivity index (χ1n) is 6.20. The molecule has 3 rings (SSSR count). The minimum absolute atomic E-state index is 0.230. The summed E-state index contributed by atoms with van der Waals surface area (Å²) >= 11 is 0. The van der Waals surface area contributed by atoms with Gasteiger partial charge in [-0.25, -0.2) is 0 Å². The molecule has 2 aromatic rings. The van der Waals surface area contributed by atoms with Crippen LogP contribution in [-0.2, 0) is 16.2 Å². The van der Waals surface area contributed by atoms with Crippen LogP contribution in [0, 0.1) is 0 Å². The van der Waals surface area contributed by atoms with Crippen LogP contribution in [0.15, 0.2) is 54.6 Å². The molecule has 0 unspecified atom stereocenters. The van der Waals surface area contributed by atoms with E-state index in [1.807, 2.05) is 30.3 Å². The van der Waals surface area contributed by atoms with E-state index in [-0.39, 0.29) is 6.61 Å². The zero-order chi connectivity index (χ0) is 13.9. The second kappa shape index (κ2) is 5.32. The molecule has 5 heteroatoms. The molecule has 0 aromatic heterocycles. The first kappa shape index (κ1) is 12.7. The fraction of sp³-hybridized carbons (Fsp3) is 0.133. The number of amides is 1. The van der Waals surface area contributed by atoms with Gasteiger partial charge in [-0.05, 0) is 17.7 Å². The number of anilines is 1. The van der Waals surface area contributed by atoms with Crippen LogP contribution in [-0.4, -0.2) is 17.3 Å². The van der Waals surface area contributed by atoms with Gasteiger partial charge in [0.2, 0.25) is 0 Å². The monoisotopic (exact) mass is 271 g/mol. The Morgan fingerprint density at radius 3 is 2.60 bits per heavy atom. The molecular formula is C15H13NO4. The molecule has 1 amide bonds. The number of hydroxylamine groups is 1. The van der Waals surface area contributed by atoms with E-state index in [1.54, 1.807) is 24.3 Å². The summed E-state index contributed by atoms with van der Waals surface area (Å²) in [5.74, 6) is -0.229. The van der Waals surface area contributed by atoms with Crippen molar-refractivity contribution in [2.75, 3.05) is 5.06 Å². The Morgan fingerprint density at radius 1 is 1.10 bits per heavy atom. The van der Waals surface area contributed by atoms with Crippen molar-refractivity contribution in [3.8, 4) is 5.75 Å². The Morgan fingerprint density at radius 2 is 1.80 bits per heavy atom. The largest absolute Gasteiger partial charge is 0.453 e. The zero-order valence-electron chi connectivity index (χ0n) is 10.6. The minimum Gasteiger partial charge on any atom is -0.453 e. The molecule has 2 aromatic carbocycles. The summed E-state index contributed by atoms with van der Waals surface area (Å²) in [7, 11) is 0. The highest BCUT2D eigenvalue weighted by Crippen LogP contribution is 2.33. The van der Waals surface area contributed by atoms with Crippen molar-refractivity contribution in [3.63, 3.8) is 0 Å². The number of hydrogen-bond acceptors (Lipinski definition) is 4. The van der Waals surface area contributed by atoms with Gasteiger partial charge in [-0.1, -0.05) is 42.5 Å². The van der Waals surface area contributed by atoms with Crippen molar-refractivity contribution >= 4 is 11.6 Å². The van der Waals surface area contributed by atoms with Gasteiger partial charge in [-0.3, -0.25) is 9.63 Å². The molecule has 1 heterocycles. The number of ether oxygens (including phenoxy) is 1. The van der Waals surface area contributed by atoms with Gasteiger partial charge in [0.1, 0.15) is 18.0 Å². The summed E-state index contributed by atoms with van der Waals surface area (Å²) in [5, 5.41) is 10.7. The Balaban J connectivity index is 1.82. The van der Waals surface area contributed by atoms with Crippen molar-refractivity contribution < 1.29 is 19.5 Å². The van der Waals surface area contributed by atoms with Crippen LogP contribution < -0.4 is 9.80 Å². The maximum atomic E-state index is 11.9. The molecule has 1 N–H and O–H groups in total. The van der Waals surface area contributed by atoms with E-state index < -0.39 is 12.2 Å². The standard InChI is InChI=1S/C15H13NO4/c17-14-15(18)20-13-9-5-4-8-12(13)16(14)19-10-11-6-2-1-3-7-11/h1-9,15,18H,10H2/t15-/m0/s1. The van der Waals surface area contributed by atoms with Gasteiger partial charge in [0.25, 0.3) is 6.29 Å². The number of rotatable bonds is 3. The number of para-hydroxylation sites is 2. The van der Waals surface area contributed by atoms with Crippen LogP contribution in [0.1, 0.15) is 5.56 Å². The van der Waals surface area contributed by atoms with Crippen molar-refractivity contribution in [2.45, 2.75) is 12.9 Å². The van der Waals surface area contributed by atoms with E-state index in [0.29, 0.717) is 11.4 Å². The molecular weight excluding hydrogens is 258 g/mol. The zero-order valence-corrected chi connectivity index (χ0v) is 10.6. The lowest BCUT2D eigenvalue weighted by Crippen LogP contribution is -2.45. The third kappa shape index (κ3) is 2.36. The van der Waals surface area contributed by atoms with E-state index in [4.69, 9.17) is 9.57 Å². The molecule has 0 spiro atoms. The molecule has 1 atom stereocenters. The molecule has 0 aliphatic carbocycles. The van der Waals surface area contributed by atoms with Crippen LogP contribution in [0.3, 0.4) is 0 Å². The van der Waals surface area contributed by atoms with Gasteiger partial charge in [0.05, 0.1) is 0 Å². The number of carbonyl (C=O) groups excluding carboxylic acids is 1. The second-order valence-electron chi connectivity index (χ2n) is 4.33. The van der Waals surface area contributed by atoms with Gasteiger partial charge in [0, 0.05) is 0 Å². The average Bonchev–Trinajstić information content (AvgIpc) is 2.49. The SMILES string of the molecule is O=C1[C@@H](O)Oc2ccccc2N1OCc1ccccc1. The summed E-state index contributed by atoms with van der Waals surface area (Å²) in [6.07, 6.45) is -1.54. The first-order chi connectivity index (χ1) is 9.75. The number of aliphatic hydroxyl groups excluding tert-OH is 1. The molecule has 0 radical (unpaired) electrons. The predicted molar refractivity (Wildman–Crippen MR) is 71.8 cm³/mol. The Labute approximate surface area is 115 Å². The molecule has 0 saturated heterocycles. The molecule has 5 nitrogen and oxygen atoms in total. The van der Waals surface area contributed by atoms with Crippen molar-refractivity contribution in [2.24, 2.45) is 0 Å². The van der Waals surface area contributed by atoms with Crippen LogP contribution in [0.5, 0.6) is 5.75 Å². The summed E-state index contributed by atoms with van der Waals surface area (Å²) in [4.78, 5) is 17.5. The van der Waals surface area contributed by atoms with Crippen LogP contribution in [0.2, 0.25) is 0 Å². The van der Waals surface area contributed by atoms with Crippen LogP contribution in [0.4, 0.5) is 5.69 Å². The van der Waals surface area contributed by atoms with Crippen molar-refractivity contribution in [1.82, 2.24) is 0 Å². The Kier molecular flexibility index (Phi) is 3.37. The highest BCUT2D eigenvalue weighted by atomic mass is 16.7. The van der Waals surface area contributed by atoms with E-state index in [9.17, 15) is 9.90 Å². The first-order valence-corrected chi connectivity index (χ1v) is 6.20. The lowest BCUT2D eigenvalue weighted by molar-refractivity contribution is -0.152. The lowest BCUT2D eigenvalue weighted by Gasteiger charge is -2.30. The van der Waals surface area contributed by atoms with E-state index >= 15 is 0 Å². The summed E-state index contributed by atoms with van der Waals surface area (Å²) in [5.41, 5.74) is 1.41. The second-order valence-corrected chi connectivity index (χ2v) is 4.33. The molecule has 0 saturated carbocycles. The molecule has 0 bridgehead atoms. The minimum atomic E-state index is -1.54. The Bertz CT molecular complexity index is 614. The number of hydrogen-bond donors (Lipinski definition) is 1. The summed E-state index contributed by atoms with van der Waals surface area (Å²) in [6, 6.07) is 16.4. The number of fused-ring (bicyclic) bond motifs is 1. The van der Waals surface area contributed by atoms with Crippen LogP contribution in [0.25, 0.3) is 0 Å². The highest BCUT2D eigenvalue weighted by Gasteiger charge is 2.34. The molecule has 20 heavy (non-hydrogen) atoms. The summed E-state index contributed by atoms with van der Waals surface area (Å²) < 4.78 is 5.11. The van der Waals surface area contributed by atoms with E-state index in [2.05, 4.69) is 0 Å². The van der Waals surface area contributed by atoms with E-state index in [1.165, 1.54) is 0 Å². The molecule has 1 aliphatic rings. The van der Waals surface area contributed by atoms with E-state index in [0.717, 1.165) is 10.6 Å². The normalized spacial score (nSPS) is 17.6. The number of benzene rings is 2. The number of nitrogens with zero attached hydrogens (tertiary/aromatic N) is 1. The average molecular weight is 271 g/mol. The molecule has 1 aliphatic heterocycles. The van der Waals surface area contributed by atoms with Gasteiger partial charge < -0.3 is 9.84 Å². The molecule has 0 fully saturated rings. The topological polar surface area (TPSA) is 59.0 Å². The number of aliphatic hydroxyl groups is 1. The fourth-order valence-electron chi connectivity index (χ4n) is 1.96. The third-order valence-corrected chi connectivity index (χ3v) is 2.94.